The lowest BCUT2D eigenvalue weighted by Gasteiger charge is -2.20. The van der Waals surface area contributed by atoms with Crippen LogP contribution in [0.5, 0.6) is 17.4 Å². The van der Waals surface area contributed by atoms with Gasteiger partial charge in [0.15, 0.2) is 24.8 Å². The lowest BCUT2D eigenvalue weighted by atomic mass is 10.3. The summed E-state index contributed by atoms with van der Waals surface area (Å²) in [5.41, 5.74) is -0.0598. The van der Waals surface area contributed by atoms with Gasteiger partial charge in [0.25, 0.3) is 0 Å². The van der Waals surface area contributed by atoms with Gasteiger partial charge in [-0.05, 0) is 24.3 Å². The minimum atomic E-state index is -4.97. The van der Waals surface area contributed by atoms with Crippen LogP contribution in [0.4, 0.5) is 60.2 Å². The minimum absolute atomic E-state index is 0.0598. The fourth-order valence-corrected chi connectivity index (χ4v) is 2.23. The van der Waals surface area contributed by atoms with Gasteiger partial charge in [0.05, 0.1) is 0 Å². The molecule has 2 aromatic rings. The number of carbonyl (C=O) groups excluding carboxylic acids is 1. The molecular weight excluding hydrogens is 512 g/mol. The lowest BCUT2D eigenvalue weighted by Crippen LogP contribution is -2.32. The number of pyridine rings is 1. The van der Waals surface area contributed by atoms with Crippen molar-refractivity contribution in [2.45, 2.75) is 18.7 Å². The Bertz CT molecular complexity index is 1020. The van der Waals surface area contributed by atoms with Crippen molar-refractivity contribution in [3.05, 3.63) is 36.1 Å². The summed E-state index contributed by atoms with van der Waals surface area (Å²) in [6.07, 6.45) is -14.8. The van der Waals surface area contributed by atoms with Crippen LogP contribution in [0, 0.1) is 5.82 Å². The second kappa shape index (κ2) is 10.3. The van der Waals surface area contributed by atoms with Crippen LogP contribution in [0.25, 0.3) is 0 Å². The van der Waals surface area contributed by atoms with Crippen LogP contribution in [0.2, 0.25) is 0 Å². The third kappa shape index (κ3) is 9.24. The summed E-state index contributed by atoms with van der Waals surface area (Å²) in [5, 5.41) is 1.80. The molecule has 1 N–H and O–H groups in total. The largest absolute Gasteiger partial charge is 0.573 e. The number of alkyl halides is 9. The summed E-state index contributed by atoms with van der Waals surface area (Å²) < 4.78 is 138. The van der Waals surface area contributed by atoms with Crippen molar-refractivity contribution in [1.29, 1.82) is 0 Å². The van der Waals surface area contributed by atoms with Crippen molar-refractivity contribution in [2.24, 2.45) is 0 Å². The van der Waals surface area contributed by atoms with Crippen LogP contribution in [0.3, 0.4) is 0 Å². The van der Waals surface area contributed by atoms with E-state index in [9.17, 15) is 48.7 Å². The number of ether oxygens (including phenoxy) is 3. The first-order chi connectivity index (χ1) is 15.9. The molecular formula is C18H13F10N3O4. The average Bonchev–Trinajstić information content (AvgIpc) is 2.70. The van der Waals surface area contributed by atoms with Gasteiger partial charge < -0.3 is 14.2 Å². The Morgan fingerprint density at radius 3 is 2.00 bits per heavy atom. The summed E-state index contributed by atoms with van der Waals surface area (Å²) in [4.78, 5) is 16.4. The number of rotatable bonds is 7. The number of benzene rings is 1. The first kappa shape index (κ1) is 27.6. The normalized spacial score (nSPS) is 12.2. The fourth-order valence-electron chi connectivity index (χ4n) is 2.23. The highest BCUT2D eigenvalue weighted by Crippen LogP contribution is 2.31. The van der Waals surface area contributed by atoms with Gasteiger partial charge in [-0.15, -0.1) is 13.2 Å². The summed E-state index contributed by atoms with van der Waals surface area (Å²) >= 11 is 0. The third-order valence-electron chi connectivity index (χ3n) is 3.66. The quantitative estimate of drug-likeness (QED) is 0.472. The summed E-state index contributed by atoms with van der Waals surface area (Å²) in [6.45, 7) is -3.96. The second-order valence-corrected chi connectivity index (χ2v) is 6.46. The molecule has 0 saturated carbocycles. The molecule has 0 aliphatic carbocycles. The summed E-state index contributed by atoms with van der Waals surface area (Å²) in [5.74, 6) is -5.67. The molecule has 1 heterocycles. The summed E-state index contributed by atoms with van der Waals surface area (Å²) in [6, 6.07) is 2.80. The Balaban J connectivity index is 2.25. The zero-order valence-electron chi connectivity index (χ0n) is 17.1. The van der Waals surface area contributed by atoms with E-state index in [-0.39, 0.29) is 5.69 Å². The molecule has 0 aliphatic rings. The minimum Gasteiger partial charge on any atom is -0.481 e. The molecule has 0 radical (unpaired) electrons. The molecule has 0 unspecified atom stereocenters. The molecule has 0 fully saturated rings. The van der Waals surface area contributed by atoms with Crippen LogP contribution < -0.4 is 24.4 Å². The average molecular weight is 525 g/mol. The highest BCUT2D eigenvalue weighted by atomic mass is 19.4. The van der Waals surface area contributed by atoms with Gasteiger partial charge in [-0.3, -0.25) is 10.2 Å². The van der Waals surface area contributed by atoms with Crippen molar-refractivity contribution in [1.82, 2.24) is 4.98 Å². The van der Waals surface area contributed by atoms with Gasteiger partial charge in [-0.2, -0.15) is 35.7 Å². The van der Waals surface area contributed by atoms with Gasteiger partial charge in [0.2, 0.25) is 11.7 Å². The molecule has 194 valence electrons. The van der Waals surface area contributed by atoms with Crippen molar-refractivity contribution in [3.8, 4) is 17.4 Å². The smallest absolute Gasteiger partial charge is 0.481 e. The molecule has 1 aromatic heterocycles. The molecule has 7 nitrogen and oxygen atoms in total. The molecule has 17 heteroatoms. The zero-order chi connectivity index (χ0) is 26.6. The van der Waals surface area contributed by atoms with Crippen molar-refractivity contribution >= 4 is 17.5 Å². The van der Waals surface area contributed by atoms with Crippen molar-refractivity contribution in [3.63, 3.8) is 0 Å². The predicted molar refractivity (Wildman–Crippen MR) is 97.8 cm³/mol. The van der Waals surface area contributed by atoms with Crippen LogP contribution >= 0.6 is 0 Å². The molecule has 2 amide bonds. The Labute approximate surface area is 189 Å². The Kier molecular flexibility index (Phi) is 8.12. The number of halogens is 10. The third-order valence-corrected chi connectivity index (χ3v) is 3.66. The number of amides is 2. The van der Waals surface area contributed by atoms with Crippen LogP contribution in [0.15, 0.2) is 30.3 Å². The Morgan fingerprint density at radius 2 is 1.49 bits per heavy atom. The molecule has 35 heavy (non-hydrogen) atoms. The van der Waals surface area contributed by atoms with E-state index in [4.69, 9.17) is 0 Å². The summed E-state index contributed by atoms with van der Waals surface area (Å²) in [7, 11) is 1.07. The van der Waals surface area contributed by atoms with Gasteiger partial charge in [0, 0.05) is 18.8 Å². The first-order valence-electron chi connectivity index (χ1n) is 8.94. The molecule has 1 aromatic carbocycles. The highest BCUT2D eigenvalue weighted by Gasteiger charge is 2.32. The van der Waals surface area contributed by atoms with E-state index in [1.54, 1.807) is 5.32 Å². The molecule has 2 rings (SSSR count). The number of anilines is 2. The van der Waals surface area contributed by atoms with Crippen LogP contribution in [0.1, 0.15) is 0 Å². The van der Waals surface area contributed by atoms with Gasteiger partial charge in [-0.1, -0.05) is 0 Å². The van der Waals surface area contributed by atoms with Crippen LogP contribution in [-0.2, 0) is 0 Å². The number of hydrogen-bond acceptors (Lipinski definition) is 5. The molecule has 0 aliphatic heterocycles. The van der Waals surface area contributed by atoms with E-state index in [2.05, 4.69) is 19.2 Å². The van der Waals surface area contributed by atoms with E-state index < -0.39 is 67.0 Å². The predicted octanol–water partition coefficient (Wildman–Crippen LogP) is 5.67. The zero-order valence-corrected chi connectivity index (χ0v) is 17.1. The maximum atomic E-state index is 14.5. The first-order valence-corrected chi connectivity index (χ1v) is 8.94. The van der Waals surface area contributed by atoms with Crippen molar-refractivity contribution < 1.29 is 62.9 Å². The lowest BCUT2D eigenvalue weighted by molar-refractivity contribution is -0.274. The van der Waals surface area contributed by atoms with Gasteiger partial charge in [-0.25, -0.2) is 4.79 Å². The number of nitrogens with one attached hydrogen (secondary N) is 1. The Morgan fingerprint density at radius 1 is 0.943 bits per heavy atom. The van der Waals surface area contributed by atoms with Gasteiger partial charge in [0.1, 0.15) is 5.75 Å². The van der Waals surface area contributed by atoms with E-state index in [1.165, 1.54) is 0 Å². The molecule has 0 atom stereocenters. The maximum absolute atomic E-state index is 14.5. The topological polar surface area (TPSA) is 72.9 Å². The van der Waals surface area contributed by atoms with E-state index >= 15 is 0 Å². The van der Waals surface area contributed by atoms with Crippen LogP contribution in [-0.4, -0.2) is 50.0 Å². The monoisotopic (exact) mass is 525 g/mol. The Hall–Kier alpha value is -3.66. The molecule has 0 bridgehead atoms. The number of aromatic nitrogens is 1. The number of nitrogens with zero attached hydrogens (tertiary/aromatic N) is 2. The van der Waals surface area contributed by atoms with Crippen molar-refractivity contribution in [2.75, 3.05) is 30.5 Å². The number of hydrogen-bond donors (Lipinski definition) is 1. The van der Waals surface area contributed by atoms with E-state index in [0.717, 1.165) is 36.2 Å². The standard InChI is InChI=1S/C18H13F10N3O4/c1-31(9-2-4-10(5-3-9)35-18(26,27)28)15(32)30-14-13(19)11(33-7-16(20,21)22)6-12(29-14)34-8-17(23,24)25/h2-6H,7-8H2,1H3,(H,29,30,32). The molecule has 0 spiro atoms. The second-order valence-electron chi connectivity index (χ2n) is 6.46. The highest BCUT2D eigenvalue weighted by molar-refractivity contribution is 6.01. The van der Waals surface area contributed by atoms with E-state index in [0.29, 0.717) is 6.07 Å². The maximum Gasteiger partial charge on any atom is 0.573 e. The number of urea groups is 1. The SMILES string of the molecule is CN(C(=O)Nc1nc(OCC(F)(F)F)cc(OCC(F)(F)F)c1F)c1ccc(OC(F)(F)F)cc1. The molecule has 0 saturated heterocycles. The fraction of sp³-hybridized carbons (Fsp3) is 0.333. The van der Waals surface area contributed by atoms with Gasteiger partial charge >= 0.3 is 24.7 Å². The number of carbonyl (C=O) groups is 1. The van der Waals surface area contributed by atoms with E-state index in [1.807, 2.05) is 0 Å².